The Bertz CT molecular complexity index is 714. The molecule has 0 bridgehead atoms. The second kappa shape index (κ2) is 4.60. The van der Waals surface area contributed by atoms with Crippen LogP contribution in [0.15, 0.2) is 36.5 Å². The molecule has 2 aliphatic heterocycles. The lowest BCUT2D eigenvalue weighted by Gasteiger charge is -2.25. The van der Waals surface area contributed by atoms with E-state index in [1.165, 1.54) is 4.68 Å². The molecule has 2 aromatic rings. The van der Waals surface area contributed by atoms with E-state index in [-0.39, 0.29) is 6.61 Å². The van der Waals surface area contributed by atoms with Gasteiger partial charge in [-0.3, -0.25) is 0 Å². The molecule has 114 valence electrons. The third-order valence-corrected chi connectivity index (χ3v) is 4.15. The molecule has 8 heteroatoms. The standard InChI is InChI=1S/C14H13N3O5/c18-11-12(19)22-10-7-21-13(20)14(10,11)17-6-9(15-16-17)8-4-2-1-3-5-8/h1-6,10-12,18-19H,7H2/t10-,11-,12?,14-/m1/s1. The van der Waals surface area contributed by atoms with Crippen LogP contribution in [-0.2, 0) is 19.8 Å². The topological polar surface area (TPSA) is 107 Å². The average molecular weight is 303 g/mol. The van der Waals surface area contributed by atoms with Gasteiger partial charge in [0.1, 0.15) is 24.5 Å². The number of aliphatic hydroxyl groups excluding tert-OH is 2. The largest absolute Gasteiger partial charge is 0.461 e. The second-order valence-corrected chi connectivity index (χ2v) is 5.30. The van der Waals surface area contributed by atoms with Crippen LogP contribution < -0.4 is 0 Å². The van der Waals surface area contributed by atoms with Crippen LogP contribution in [-0.4, -0.2) is 56.3 Å². The number of benzene rings is 1. The first-order valence-electron chi connectivity index (χ1n) is 6.81. The van der Waals surface area contributed by atoms with Gasteiger partial charge in [0.25, 0.3) is 0 Å². The number of fused-ring (bicyclic) bond motifs is 1. The third kappa shape index (κ3) is 1.59. The number of cyclic esters (lactones) is 1. The van der Waals surface area contributed by atoms with E-state index in [1.807, 2.05) is 30.3 Å². The van der Waals surface area contributed by atoms with Crippen molar-refractivity contribution in [1.29, 1.82) is 0 Å². The summed E-state index contributed by atoms with van der Waals surface area (Å²) in [6, 6.07) is 9.30. The second-order valence-electron chi connectivity index (χ2n) is 5.30. The Hall–Kier alpha value is -2.29. The molecule has 4 atom stereocenters. The molecule has 2 fully saturated rings. The number of hydrogen-bond acceptors (Lipinski definition) is 7. The zero-order valence-corrected chi connectivity index (χ0v) is 11.4. The van der Waals surface area contributed by atoms with E-state index in [0.717, 1.165) is 5.56 Å². The van der Waals surface area contributed by atoms with E-state index >= 15 is 0 Å². The van der Waals surface area contributed by atoms with Gasteiger partial charge in [-0.25, -0.2) is 9.48 Å². The summed E-state index contributed by atoms with van der Waals surface area (Å²) in [5, 5.41) is 28.0. The molecule has 2 N–H and O–H groups in total. The Balaban J connectivity index is 1.81. The number of esters is 1. The van der Waals surface area contributed by atoms with Crippen LogP contribution in [0, 0.1) is 0 Å². The first kappa shape index (κ1) is 13.4. The fourth-order valence-electron chi connectivity index (χ4n) is 3.00. The fourth-order valence-corrected chi connectivity index (χ4v) is 3.00. The van der Waals surface area contributed by atoms with Crippen LogP contribution in [0.5, 0.6) is 0 Å². The van der Waals surface area contributed by atoms with Crippen molar-refractivity contribution in [3.05, 3.63) is 36.5 Å². The van der Waals surface area contributed by atoms with Crippen molar-refractivity contribution >= 4 is 5.97 Å². The smallest absolute Gasteiger partial charge is 0.340 e. The molecule has 0 amide bonds. The molecule has 2 saturated heterocycles. The summed E-state index contributed by atoms with van der Waals surface area (Å²) in [6.07, 6.45) is -2.21. The fraction of sp³-hybridized carbons (Fsp3) is 0.357. The van der Waals surface area contributed by atoms with Crippen molar-refractivity contribution in [2.45, 2.75) is 24.0 Å². The highest BCUT2D eigenvalue weighted by atomic mass is 16.7. The van der Waals surface area contributed by atoms with Crippen LogP contribution in [0.1, 0.15) is 0 Å². The predicted octanol–water partition coefficient (Wildman–Crippen LogP) is -0.725. The lowest BCUT2D eigenvalue weighted by atomic mass is 9.90. The van der Waals surface area contributed by atoms with E-state index in [4.69, 9.17) is 9.47 Å². The summed E-state index contributed by atoms with van der Waals surface area (Å²) < 4.78 is 11.4. The molecule has 1 unspecified atom stereocenters. The molecular formula is C14H13N3O5. The van der Waals surface area contributed by atoms with Gasteiger partial charge in [0, 0.05) is 5.56 Å². The van der Waals surface area contributed by atoms with Crippen LogP contribution in [0.4, 0.5) is 0 Å². The Kier molecular flexibility index (Phi) is 2.80. The highest BCUT2D eigenvalue weighted by Crippen LogP contribution is 2.42. The number of aliphatic hydroxyl groups is 2. The summed E-state index contributed by atoms with van der Waals surface area (Å²) in [6.45, 7) is -0.0481. The van der Waals surface area contributed by atoms with Gasteiger partial charge in [0.15, 0.2) is 6.29 Å². The van der Waals surface area contributed by atoms with Crippen molar-refractivity contribution in [2.75, 3.05) is 6.61 Å². The van der Waals surface area contributed by atoms with Crippen molar-refractivity contribution in [3.63, 3.8) is 0 Å². The van der Waals surface area contributed by atoms with Gasteiger partial charge in [0.2, 0.25) is 5.54 Å². The molecule has 0 radical (unpaired) electrons. The van der Waals surface area contributed by atoms with Gasteiger partial charge in [-0.15, -0.1) is 5.10 Å². The maximum Gasteiger partial charge on any atom is 0.340 e. The number of ether oxygens (including phenoxy) is 2. The summed E-state index contributed by atoms with van der Waals surface area (Å²) in [7, 11) is 0. The minimum Gasteiger partial charge on any atom is -0.461 e. The highest BCUT2D eigenvalue weighted by molar-refractivity contribution is 5.83. The molecule has 0 spiro atoms. The molecule has 4 rings (SSSR count). The summed E-state index contributed by atoms with van der Waals surface area (Å²) in [4.78, 5) is 12.2. The lowest BCUT2D eigenvalue weighted by Crippen LogP contribution is -2.53. The summed E-state index contributed by atoms with van der Waals surface area (Å²) in [5.41, 5.74) is -0.233. The Morgan fingerprint density at radius 1 is 1.27 bits per heavy atom. The van der Waals surface area contributed by atoms with E-state index in [9.17, 15) is 15.0 Å². The van der Waals surface area contributed by atoms with E-state index in [2.05, 4.69) is 10.3 Å². The van der Waals surface area contributed by atoms with Gasteiger partial charge in [-0.05, 0) is 0 Å². The van der Waals surface area contributed by atoms with Gasteiger partial charge in [0.05, 0.1) is 6.20 Å². The number of aromatic nitrogens is 3. The number of hydrogen-bond donors (Lipinski definition) is 2. The van der Waals surface area contributed by atoms with E-state index in [0.29, 0.717) is 5.69 Å². The molecule has 1 aromatic carbocycles. The van der Waals surface area contributed by atoms with Gasteiger partial charge < -0.3 is 19.7 Å². The quantitative estimate of drug-likeness (QED) is 0.705. The SMILES string of the molecule is O=C1OC[C@H]2OC(O)[C@@H](O)[C@@]12n1cc(-c2ccccc2)nn1. The minimum atomic E-state index is -1.60. The third-order valence-electron chi connectivity index (χ3n) is 4.15. The van der Waals surface area contributed by atoms with Crippen LogP contribution in [0.25, 0.3) is 11.3 Å². The molecule has 8 nitrogen and oxygen atoms in total. The lowest BCUT2D eigenvalue weighted by molar-refractivity contribution is -0.161. The maximum absolute atomic E-state index is 12.2. The van der Waals surface area contributed by atoms with Crippen LogP contribution in [0.3, 0.4) is 0 Å². The summed E-state index contributed by atoms with van der Waals surface area (Å²) in [5.74, 6) is -0.689. The van der Waals surface area contributed by atoms with Crippen molar-refractivity contribution in [2.24, 2.45) is 0 Å². The normalized spacial score (nSPS) is 33.7. The van der Waals surface area contributed by atoms with Crippen molar-refractivity contribution < 1.29 is 24.5 Å². The van der Waals surface area contributed by atoms with E-state index in [1.54, 1.807) is 6.20 Å². The van der Waals surface area contributed by atoms with E-state index < -0.39 is 30.0 Å². The monoisotopic (exact) mass is 303 g/mol. The molecule has 0 saturated carbocycles. The van der Waals surface area contributed by atoms with Gasteiger partial charge in [-0.1, -0.05) is 35.5 Å². The number of rotatable bonds is 2. The molecule has 0 aliphatic carbocycles. The number of nitrogens with zero attached hydrogens (tertiary/aromatic N) is 3. The van der Waals surface area contributed by atoms with Crippen molar-refractivity contribution in [3.8, 4) is 11.3 Å². The Morgan fingerprint density at radius 2 is 2.05 bits per heavy atom. The van der Waals surface area contributed by atoms with Crippen molar-refractivity contribution in [1.82, 2.24) is 15.0 Å². The predicted molar refractivity (Wildman–Crippen MR) is 71.3 cm³/mol. The highest BCUT2D eigenvalue weighted by Gasteiger charge is 2.68. The first-order chi connectivity index (χ1) is 10.6. The molecule has 2 aliphatic rings. The Morgan fingerprint density at radius 3 is 2.82 bits per heavy atom. The number of carbonyl (C=O) groups is 1. The minimum absolute atomic E-state index is 0.0481. The van der Waals surface area contributed by atoms with Gasteiger partial charge >= 0.3 is 5.97 Å². The Labute approximate surface area is 124 Å². The van der Waals surface area contributed by atoms with Crippen LogP contribution >= 0.6 is 0 Å². The molecular weight excluding hydrogens is 290 g/mol. The number of carbonyl (C=O) groups excluding carboxylic acids is 1. The summed E-state index contributed by atoms with van der Waals surface area (Å²) >= 11 is 0. The molecule has 1 aromatic heterocycles. The first-order valence-corrected chi connectivity index (χ1v) is 6.81. The maximum atomic E-state index is 12.2. The van der Waals surface area contributed by atoms with Gasteiger partial charge in [-0.2, -0.15) is 0 Å². The zero-order chi connectivity index (χ0) is 15.3. The molecule has 3 heterocycles. The van der Waals surface area contributed by atoms with Crippen LogP contribution in [0.2, 0.25) is 0 Å². The molecule has 22 heavy (non-hydrogen) atoms. The zero-order valence-electron chi connectivity index (χ0n) is 11.4. The average Bonchev–Trinajstić information content (AvgIpc) is 3.19.